The maximum absolute atomic E-state index is 12.2. The number of carbonyl (C=O) groups is 2. The minimum Gasteiger partial charge on any atom is -0.478 e. The Morgan fingerprint density at radius 2 is 1.95 bits per heavy atom. The third-order valence-electron chi connectivity index (χ3n) is 2.87. The van der Waals surface area contributed by atoms with Crippen LogP contribution in [0.5, 0.6) is 0 Å². The molecular formula is C16H15NO3S. The summed E-state index contributed by atoms with van der Waals surface area (Å²) in [7, 11) is 0. The first-order valence-corrected chi connectivity index (χ1v) is 7.17. The molecule has 5 heteroatoms. The van der Waals surface area contributed by atoms with Crippen molar-refractivity contribution in [3.63, 3.8) is 0 Å². The molecule has 1 aromatic heterocycles. The van der Waals surface area contributed by atoms with Crippen molar-refractivity contribution >= 4 is 35.0 Å². The lowest BCUT2D eigenvalue weighted by molar-refractivity contribution is -0.131. The Bertz CT molecular complexity index is 716. The van der Waals surface area contributed by atoms with Gasteiger partial charge in [-0.15, -0.1) is 11.3 Å². The Hall–Kier alpha value is -2.40. The Morgan fingerprint density at radius 1 is 1.19 bits per heavy atom. The lowest BCUT2D eigenvalue weighted by atomic mass is 10.1. The van der Waals surface area contributed by atoms with E-state index in [2.05, 4.69) is 5.32 Å². The Balaban J connectivity index is 2.12. The molecule has 0 spiro atoms. The van der Waals surface area contributed by atoms with Crippen molar-refractivity contribution < 1.29 is 14.7 Å². The van der Waals surface area contributed by atoms with Gasteiger partial charge in [-0.25, -0.2) is 4.79 Å². The van der Waals surface area contributed by atoms with E-state index in [1.165, 1.54) is 17.4 Å². The average molecular weight is 301 g/mol. The molecule has 0 aliphatic rings. The highest BCUT2D eigenvalue weighted by molar-refractivity contribution is 7.15. The molecular weight excluding hydrogens is 286 g/mol. The van der Waals surface area contributed by atoms with E-state index < -0.39 is 5.97 Å². The molecule has 108 valence electrons. The monoisotopic (exact) mass is 301 g/mol. The molecule has 0 bridgehead atoms. The highest BCUT2D eigenvalue weighted by atomic mass is 32.1. The highest BCUT2D eigenvalue weighted by Crippen LogP contribution is 2.21. The van der Waals surface area contributed by atoms with Crippen molar-refractivity contribution in [2.75, 3.05) is 5.32 Å². The molecule has 2 aromatic rings. The summed E-state index contributed by atoms with van der Waals surface area (Å²) >= 11 is 1.25. The van der Waals surface area contributed by atoms with Crippen molar-refractivity contribution in [1.29, 1.82) is 0 Å². The van der Waals surface area contributed by atoms with Gasteiger partial charge in [-0.2, -0.15) is 0 Å². The molecule has 21 heavy (non-hydrogen) atoms. The molecule has 0 aliphatic heterocycles. The first-order valence-electron chi connectivity index (χ1n) is 6.35. The number of anilines is 1. The van der Waals surface area contributed by atoms with Crippen LogP contribution in [0, 0.1) is 13.8 Å². The molecule has 2 N–H and O–H groups in total. The number of thiophene rings is 1. The zero-order valence-electron chi connectivity index (χ0n) is 11.7. The van der Waals surface area contributed by atoms with Crippen LogP contribution in [-0.4, -0.2) is 17.0 Å². The van der Waals surface area contributed by atoms with Gasteiger partial charge in [0.1, 0.15) is 0 Å². The number of carboxylic acid groups (broad SMARTS) is 1. The number of carboxylic acids is 1. The Labute approximate surface area is 126 Å². The van der Waals surface area contributed by atoms with Crippen molar-refractivity contribution in [1.82, 2.24) is 0 Å². The summed E-state index contributed by atoms with van der Waals surface area (Å²) in [6.45, 7) is 3.94. The number of aliphatic carboxylic acids is 1. The summed E-state index contributed by atoms with van der Waals surface area (Å²) in [6, 6.07) is 9.23. The van der Waals surface area contributed by atoms with Gasteiger partial charge in [-0.1, -0.05) is 17.7 Å². The number of amides is 1. The minimum atomic E-state index is -1.01. The third kappa shape index (κ3) is 4.03. The Kier molecular flexibility index (Phi) is 4.55. The number of hydrogen-bond acceptors (Lipinski definition) is 3. The number of benzene rings is 1. The predicted molar refractivity (Wildman–Crippen MR) is 84.9 cm³/mol. The van der Waals surface area contributed by atoms with Gasteiger partial charge in [0.15, 0.2) is 0 Å². The second-order valence-electron chi connectivity index (χ2n) is 4.65. The SMILES string of the molecule is Cc1ccc(NC(=O)c2ccc(C=CC(=O)O)s2)c(C)c1. The second kappa shape index (κ2) is 6.37. The number of nitrogens with one attached hydrogen (secondary N) is 1. The molecule has 0 radical (unpaired) electrons. The molecule has 4 nitrogen and oxygen atoms in total. The van der Waals surface area contributed by atoms with Crippen molar-refractivity contribution in [3.8, 4) is 0 Å². The van der Waals surface area contributed by atoms with Crippen LogP contribution in [0.3, 0.4) is 0 Å². The molecule has 1 amide bonds. The van der Waals surface area contributed by atoms with E-state index in [1.807, 2.05) is 32.0 Å². The van der Waals surface area contributed by atoms with Gasteiger partial charge in [-0.3, -0.25) is 4.79 Å². The van der Waals surface area contributed by atoms with E-state index in [-0.39, 0.29) is 5.91 Å². The van der Waals surface area contributed by atoms with E-state index in [0.29, 0.717) is 4.88 Å². The lowest BCUT2D eigenvalue weighted by Gasteiger charge is -2.07. The van der Waals surface area contributed by atoms with Gasteiger partial charge >= 0.3 is 5.97 Å². The quantitative estimate of drug-likeness (QED) is 0.846. The fourth-order valence-corrected chi connectivity index (χ4v) is 2.66. The third-order valence-corrected chi connectivity index (χ3v) is 3.92. The summed E-state index contributed by atoms with van der Waals surface area (Å²) in [4.78, 5) is 23.9. The molecule has 2 rings (SSSR count). The van der Waals surface area contributed by atoms with E-state index in [1.54, 1.807) is 12.1 Å². The molecule has 0 saturated heterocycles. The maximum atomic E-state index is 12.2. The average Bonchev–Trinajstić information content (AvgIpc) is 2.88. The van der Waals surface area contributed by atoms with Crippen LogP contribution in [-0.2, 0) is 4.79 Å². The van der Waals surface area contributed by atoms with Gasteiger partial charge in [-0.05, 0) is 43.7 Å². The summed E-state index contributed by atoms with van der Waals surface area (Å²) in [5.41, 5.74) is 2.93. The molecule has 1 heterocycles. The number of aryl methyl sites for hydroxylation is 2. The first-order chi connectivity index (χ1) is 9.95. The van der Waals surface area contributed by atoms with Crippen molar-refractivity contribution in [2.45, 2.75) is 13.8 Å². The van der Waals surface area contributed by atoms with Crippen LogP contribution < -0.4 is 5.32 Å². The smallest absolute Gasteiger partial charge is 0.328 e. The molecule has 0 atom stereocenters. The summed E-state index contributed by atoms with van der Waals surface area (Å²) in [6.07, 6.45) is 2.53. The fraction of sp³-hybridized carbons (Fsp3) is 0.125. The zero-order valence-corrected chi connectivity index (χ0v) is 12.5. The molecule has 0 unspecified atom stereocenters. The van der Waals surface area contributed by atoms with Gasteiger partial charge in [0.25, 0.3) is 5.91 Å². The lowest BCUT2D eigenvalue weighted by Crippen LogP contribution is -2.11. The summed E-state index contributed by atoms with van der Waals surface area (Å²) < 4.78 is 0. The molecule has 0 saturated carbocycles. The topological polar surface area (TPSA) is 66.4 Å². The maximum Gasteiger partial charge on any atom is 0.328 e. The van der Waals surface area contributed by atoms with Gasteiger partial charge in [0.2, 0.25) is 0 Å². The second-order valence-corrected chi connectivity index (χ2v) is 5.76. The van der Waals surface area contributed by atoms with Crippen LogP contribution in [0.4, 0.5) is 5.69 Å². The van der Waals surface area contributed by atoms with E-state index in [4.69, 9.17) is 5.11 Å². The van der Waals surface area contributed by atoms with Gasteiger partial charge in [0, 0.05) is 16.6 Å². The van der Waals surface area contributed by atoms with Crippen LogP contribution in [0.2, 0.25) is 0 Å². The Morgan fingerprint density at radius 3 is 2.62 bits per heavy atom. The summed E-state index contributed by atoms with van der Waals surface area (Å²) in [5, 5.41) is 11.4. The molecule has 1 aromatic carbocycles. The van der Waals surface area contributed by atoms with E-state index in [9.17, 15) is 9.59 Å². The fourth-order valence-electron chi connectivity index (χ4n) is 1.86. The molecule has 0 fully saturated rings. The van der Waals surface area contributed by atoms with Crippen LogP contribution >= 0.6 is 11.3 Å². The van der Waals surface area contributed by atoms with Gasteiger partial charge in [0.05, 0.1) is 4.88 Å². The molecule has 0 aliphatic carbocycles. The van der Waals surface area contributed by atoms with Crippen molar-refractivity contribution in [3.05, 3.63) is 57.3 Å². The van der Waals surface area contributed by atoms with E-state index in [0.717, 1.165) is 27.8 Å². The number of carbonyl (C=O) groups excluding carboxylic acids is 1. The predicted octanol–water partition coefficient (Wildman–Crippen LogP) is 3.72. The van der Waals surface area contributed by atoms with E-state index >= 15 is 0 Å². The zero-order chi connectivity index (χ0) is 15.4. The standard InChI is InChI=1S/C16H15NO3S/c1-10-3-6-13(11(2)9-10)17-16(20)14-7-4-12(21-14)5-8-15(18)19/h3-9H,1-2H3,(H,17,20)(H,18,19). The minimum absolute atomic E-state index is 0.193. The largest absolute Gasteiger partial charge is 0.478 e. The normalized spacial score (nSPS) is 10.8. The number of rotatable bonds is 4. The summed E-state index contributed by atoms with van der Waals surface area (Å²) in [5.74, 6) is -1.20. The van der Waals surface area contributed by atoms with Crippen LogP contribution in [0.1, 0.15) is 25.7 Å². The van der Waals surface area contributed by atoms with Crippen molar-refractivity contribution in [2.24, 2.45) is 0 Å². The highest BCUT2D eigenvalue weighted by Gasteiger charge is 2.10. The van der Waals surface area contributed by atoms with Crippen LogP contribution in [0.25, 0.3) is 6.08 Å². The first kappa shape index (κ1) is 15.0. The van der Waals surface area contributed by atoms with Gasteiger partial charge < -0.3 is 10.4 Å². The number of hydrogen-bond donors (Lipinski definition) is 2. The van der Waals surface area contributed by atoms with Crippen LogP contribution in [0.15, 0.2) is 36.4 Å².